The summed E-state index contributed by atoms with van der Waals surface area (Å²) in [5, 5.41) is 3.80. The Morgan fingerprint density at radius 3 is 2.64 bits per heavy atom. The lowest BCUT2D eigenvalue weighted by molar-refractivity contribution is -0.144. The van der Waals surface area contributed by atoms with Gasteiger partial charge in [-0.3, -0.25) is 0 Å². The first-order valence-electron chi connectivity index (χ1n) is 7.25. The number of alkyl halides is 3. The highest BCUT2D eigenvalue weighted by atomic mass is 19.4. The molecule has 0 bridgehead atoms. The number of nitrogens with two attached hydrogens (primary N) is 1. The molecule has 4 N–H and O–H groups in total. The van der Waals surface area contributed by atoms with Crippen molar-refractivity contribution in [2.75, 3.05) is 11.1 Å². The molecule has 2 heterocycles. The predicted octanol–water partition coefficient (Wildman–Crippen LogP) is 3.85. The molecule has 25 heavy (non-hydrogen) atoms. The van der Waals surface area contributed by atoms with Crippen LogP contribution >= 0.6 is 0 Å². The first-order chi connectivity index (χ1) is 11.9. The van der Waals surface area contributed by atoms with Crippen LogP contribution in [-0.2, 0) is 6.18 Å². The molecule has 0 radical (unpaired) electrons. The topological polar surface area (TPSA) is 92.5 Å². The molecule has 0 amide bonds. The van der Waals surface area contributed by atoms with Gasteiger partial charge in [0.2, 0.25) is 11.8 Å². The second-order valence-electron chi connectivity index (χ2n) is 5.45. The number of H-pyrrole nitrogens is 1. The molecule has 2 aromatic carbocycles. The van der Waals surface area contributed by atoms with Crippen molar-refractivity contribution in [3.05, 3.63) is 48.4 Å². The van der Waals surface area contributed by atoms with Crippen LogP contribution in [0.3, 0.4) is 0 Å². The third-order valence-electron chi connectivity index (χ3n) is 3.61. The highest BCUT2D eigenvalue weighted by Gasteiger charge is 2.34. The van der Waals surface area contributed by atoms with Crippen molar-refractivity contribution in [1.82, 2.24) is 19.9 Å². The summed E-state index contributed by atoms with van der Waals surface area (Å²) in [7, 11) is 0. The molecule has 4 aromatic rings. The molecule has 0 saturated carbocycles. The van der Waals surface area contributed by atoms with Gasteiger partial charge in [-0.25, -0.2) is 15.0 Å². The molecule has 0 aliphatic rings. The van der Waals surface area contributed by atoms with E-state index in [9.17, 15) is 13.2 Å². The van der Waals surface area contributed by atoms with Crippen molar-refractivity contribution >= 4 is 39.3 Å². The largest absolute Gasteiger partial charge is 0.449 e. The van der Waals surface area contributed by atoms with Gasteiger partial charge in [0, 0.05) is 23.0 Å². The minimum Gasteiger partial charge on any atom is -0.399 e. The third kappa shape index (κ3) is 2.91. The van der Waals surface area contributed by atoms with E-state index >= 15 is 0 Å². The lowest BCUT2D eigenvalue weighted by Gasteiger charge is -2.06. The molecule has 0 unspecified atom stereocenters. The molecule has 4 rings (SSSR count). The van der Waals surface area contributed by atoms with Gasteiger partial charge in [0.25, 0.3) is 0 Å². The fourth-order valence-corrected chi connectivity index (χ4v) is 2.45. The number of halogens is 3. The van der Waals surface area contributed by atoms with Crippen LogP contribution in [0.2, 0.25) is 0 Å². The number of rotatable bonds is 2. The summed E-state index contributed by atoms with van der Waals surface area (Å²) in [5.41, 5.74) is 8.02. The van der Waals surface area contributed by atoms with Crippen molar-refractivity contribution < 1.29 is 13.2 Å². The molecule has 126 valence electrons. The molecule has 0 aliphatic carbocycles. The summed E-state index contributed by atoms with van der Waals surface area (Å²) >= 11 is 0. The van der Waals surface area contributed by atoms with E-state index < -0.39 is 12.0 Å². The summed E-state index contributed by atoms with van der Waals surface area (Å²) in [6.07, 6.45) is -2.88. The monoisotopic (exact) mass is 344 g/mol. The van der Waals surface area contributed by atoms with Gasteiger partial charge in [0.1, 0.15) is 0 Å². The first kappa shape index (κ1) is 15.2. The zero-order valence-electron chi connectivity index (χ0n) is 12.6. The number of hydrogen-bond acceptors (Lipinski definition) is 5. The summed E-state index contributed by atoms with van der Waals surface area (Å²) in [4.78, 5) is 14.3. The van der Waals surface area contributed by atoms with Crippen molar-refractivity contribution in [3.8, 4) is 0 Å². The van der Waals surface area contributed by atoms with Crippen molar-refractivity contribution in [2.24, 2.45) is 0 Å². The van der Waals surface area contributed by atoms with Gasteiger partial charge in [-0.1, -0.05) is 0 Å². The number of aromatic nitrogens is 4. The molecule has 6 nitrogen and oxygen atoms in total. The number of nitrogens with zero attached hydrogens (tertiary/aromatic N) is 3. The second-order valence-corrected chi connectivity index (χ2v) is 5.45. The Balaban J connectivity index is 1.68. The Bertz CT molecular complexity index is 1090. The maximum Gasteiger partial charge on any atom is 0.449 e. The van der Waals surface area contributed by atoms with E-state index in [0.717, 1.165) is 5.39 Å². The fraction of sp³-hybridized carbons (Fsp3) is 0.0625. The lowest BCUT2D eigenvalue weighted by atomic mass is 10.2. The van der Waals surface area contributed by atoms with Crippen LogP contribution in [-0.4, -0.2) is 19.9 Å². The van der Waals surface area contributed by atoms with Crippen molar-refractivity contribution in [1.29, 1.82) is 0 Å². The van der Waals surface area contributed by atoms with Crippen LogP contribution < -0.4 is 11.1 Å². The van der Waals surface area contributed by atoms with Crippen molar-refractivity contribution in [3.63, 3.8) is 0 Å². The van der Waals surface area contributed by atoms with Crippen LogP contribution in [0.1, 0.15) is 5.82 Å². The van der Waals surface area contributed by atoms with E-state index in [2.05, 4.69) is 25.3 Å². The normalized spacial score (nSPS) is 12.0. The molecule has 0 spiro atoms. The number of anilines is 3. The zero-order chi connectivity index (χ0) is 17.6. The minimum absolute atomic E-state index is 0.227. The average Bonchev–Trinajstić information content (AvgIpc) is 2.98. The highest BCUT2D eigenvalue weighted by molar-refractivity contribution is 5.83. The van der Waals surface area contributed by atoms with E-state index in [4.69, 9.17) is 5.73 Å². The summed E-state index contributed by atoms with van der Waals surface area (Å²) in [6, 6.07) is 9.89. The second kappa shape index (κ2) is 5.33. The lowest BCUT2D eigenvalue weighted by Crippen LogP contribution is -2.06. The average molecular weight is 344 g/mol. The van der Waals surface area contributed by atoms with Gasteiger partial charge in [-0.15, -0.1) is 0 Å². The van der Waals surface area contributed by atoms with E-state index in [0.29, 0.717) is 22.8 Å². The van der Waals surface area contributed by atoms with Crippen molar-refractivity contribution in [2.45, 2.75) is 6.18 Å². The van der Waals surface area contributed by atoms with Gasteiger partial charge >= 0.3 is 6.18 Å². The number of imidazole rings is 1. The summed E-state index contributed by atoms with van der Waals surface area (Å²) in [6.45, 7) is 0. The van der Waals surface area contributed by atoms with Crippen LogP contribution in [0.25, 0.3) is 21.9 Å². The van der Waals surface area contributed by atoms with E-state index in [1.165, 1.54) is 12.1 Å². The van der Waals surface area contributed by atoms with Crippen LogP contribution in [0.4, 0.5) is 30.5 Å². The molecule has 0 aliphatic heterocycles. The Kier molecular flexibility index (Phi) is 3.24. The molecule has 0 fully saturated rings. The number of hydrogen-bond donors (Lipinski definition) is 3. The van der Waals surface area contributed by atoms with Crippen LogP contribution in [0, 0.1) is 0 Å². The van der Waals surface area contributed by atoms with Gasteiger partial charge in [0.15, 0.2) is 0 Å². The molecule has 0 atom stereocenters. The first-order valence-corrected chi connectivity index (χ1v) is 7.25. The fourth-order valence-electron chi connectivity index (χ4n) is 2.45. The summed E-state index contributed by atoms with van der Waals surface area (Å²) in [5.74, 6) is -0.718. The SMILES string of the molecule is Nc1ccc2cnc(Nc3ccc4nc(C(F)(F)F)[nH]c4c3)nc2c1. The molecular weight excluding hydrogens is 333 g/mol. The summed E-state index contributed by atoms with van der Waals surface area (Å²) < 4.78 is 38.1. The van der Waals surface area contributed by atoms with Gasteiger partial charge in [-0.05, 0) is 36.4 Å². The predicted molar refractivity (Wildman–Crippen MR) is 88.3 cm³/mol. The Labute approximate surface area is 138 Å². The maximum atomic E-state index is 12.7. The molecular formula is C16H11F3N6. The maximum absolute atomic E-state index is 12.7. The van der Waals surface area contributed by atoms with Gasteiger partial charge in [0.05, 0.1) is 16.6 Å². The van der Waals surface area contributed by atoms with E-state index in [1.54, 1.807) is 24.4 Å². The van der Waals surface area contributed by atoms with E-state index in [1.807, 2.05) is 6.07 Å². The van der Waals surface area contributed by atoms with E-state index in [-0.39, 0.29) is 11.0 Å². The number of aromatic amines is 1. The highest BCUT2D eigenvalue weighted by Crippen LogP contribution is 2.29. The van der Waals surface area contributed by atoms with Gasteiger partial charge in [-0.2, -0.15) is 13.2 Å². The Morgan fingerprint density at radius 1 is 1.00 bits per heavy atom. The quantitative estimate of drug-likeness (QED) is 0.480. The third-order valence-corrected chi connectivity index (χ3v) is 3.61. The standard InChI is InChI=1S/C16H11F3N6/c17-16(18,19)14-23-11-4-3-10(6-13(11)24-14)22-15-21-7-8-1-2-9(20)5-12(8)25-15/h1-7H,20H2,(H,23,24)(H,21,22,25). The zero-order valence-corrected chi connectivity index (χ0v) is 12.6. The van der Waals surface area contributed by atoms with Crippen LogP contribution in [0.15, 0.2) is 42.6 Å². The number of nitrogen functional groups attached to an aromatic ring is 1. The Morgan fingerprint density at radius 2 is 1.84 bits per heavy atom. The molecule has 0 saturated heterocycles. The molecule has 9 heteroatoms. The number of nitrogens with one attached hydrogen (secondary N) is 2. The number of fused-ring (bicyclic) bond motifs is 2. The minimum atomic E-state index is -4.52. The smallest absolute Gasteiger partial charge is 0.399 e. The molecule has 2 aromatic heterocycles. The Hall–Kier alpha value is -3.36. The van der Waals surface area contributed by atoms with Gasteiger partial charge < -0.3 is 16.0 Å². The van der Waals surface area contributed by atoms with Crippen LogP contribution in [0.5, 0.6) is 0 Å². The number of benzene rings is 2.